The third kappa shape index (κ3) is 4.11. The van der Waals surface area contributed by atoms with Crippen molar-refractivity contribution in [1.82, 2.24) is 9.80 Å². The summed E-state index contributed by atoms with van der Waals surface area (Å²) < 4.78 is 0. The summed E-state index contributed by atoms with van der Waals surface area (Å²) in [6, 6.07) is 6.80. The van der Waals surface area contributed by atoms with Crippen LogP contribution in [0.2, 0.25) is 0 Å². The van der Waals surface area contributed by atoms with Gasteiger partial charge in [0.15, 0.2) is 0 Å². The van der Waals surface area contributed by atoms with E-state index in [1.807, 2.05) is 5.01 Å². The van der Waals surface area contributed by atoms with Crippen molar-refractivity contribution in [3.05, 3.63) is 34.4 Å². The van der Waals surface area contributed by atoms with Crippen molar-refractivity contribution in [3.8, 4) is 0 Å². The first kappa shape index (κ1) is 18.3. The summed E-state index contributed by atoms with van der Waals surface area (Å²) in [6.07, 6.45) is 7.67. The summed E-state index contributed by atoms with van der Waals surface area (Å²) in [6.45, 7) is 5.37. The zero-order chi connectivity index (χ0) is 18.6. The third-order valence-corrected chi connectivity index (χ3v) is 5.87. The first-order chi connectivity index (χ1) is 13.2. The van der Waals surface area contributed by atoms with Gasteiger partial charge in [0.2, 0.25) is 0 Å². The molecule has 0 bridgehead atoms. The first-order valence-electron chi connectivity index (χ1n) is 10.1. The molecular formula is C19H28N6O2. The van der Waals surface area contributed by atoms with E-state index < -0.39 is 0 Å². The molecule has 2 atom stereocenters. The molecule has 0 N–H and O–H groups in total. The Morgan fingerprint density at radius 2 is 1.59 bits per heavy atom. The number of nitro benzene ring substituents is 1. The van der Waals surface area contributed by atoms with Crippen LogP contribution >= 0.6 is 0 Å². The Kier molecular flexibility index (Phi) is 5.63. The lowest BCUT2D eigenvalue weighted by Crippen LogP contribution is -2.54. The second-order valence-electron chi connectivity index (χ2n) is 7.76. The molecule has 27 heavy (non-hydrogen) atoms. The number of hydrogen-bond acceptors (Lipinski definition) is 7. The van der Waals surface area contributed by atoms with Crippen molar-refractivity contribution in [1.29, 1.82) is 0 Å². The minimum Gasteiger partial charge on any atom is -0.301 e. The zero-order valence-corrected chi connectivity index (χ0v) is 15.7. The van der Waals surface area contributed by atoms with E-state index >= 15 is 0 Å². The molecule has 8 heteroatoms. The fourth-order valence-corrected chi connectivity index (χ4v) is 4.45. The Balaban J connectivity index is 1.54. The van der Waals surface area contributed by atoms with Gasteiger partial charge in [-0.05, 0) is 50.9 Å². The molecule has 2 unspecified atom stereocenters. The second-order valence-corrected chi connectivity index (χ2v) is 7.76. The third-order valence-electron chi connectivity index (χ3n) is 5.87. The first-order valence-corrected chi connectivity index (χ1v) is 10.1. The molecule has 8 nitrogen and oxygen atoms in total. The van der Waals surface area contributed by atoms with Crippen molar-refractivity contribution < 1.29 is 4.92 Å². The van der Waals surface area contributed by atoms with Gasteiger partial charge < -0.3 is 4.90 Å². The van der Waals surface area contributed by atoms with Crippen LogP contribution in [0.15, 0.2) is 34.6 Å². The van der Waals surface area contributed by atoms with Crippen LogP contribution in [0.1, 0.15) is 38.5 Å². The topological polar surface area (TPSA) is 77.6 Å². The molecular weight excluding hydrogens is 344 g/mol. The molecule has 2 fully saturated rings. The van der Waals surface area contributed by atoms with E-state index in [0.29, 0.717) is 0 Å². The number of nitrogens with zero attached hydrogens (tertiary/aromatic N) is 6. The standard InChI is InChI=1S/C19H28N6O2/c26-25(27)17-9-7-16(8-10-17)24-19(23-13-5-2-6-14-23)18(20-21-24)15-22-11-3-1-4-12-22/h7-10,18-19H,1-6,11-15H2. The molecule has 0 aromatic heterocycles. The van der Waals surface area contributed by atoms with E-state index in [4.69, 9.17) is 0 Å². The summed E-state index contributed by atoms with van der Waals surface area (Å²) in [7, 11) is 0. The van der Waals surface area contributed by atoms with Crippen molar-refractivity contribution in [2.45, 2.75) is 50.7 Å². The normalized spacial score (nSPS) is 27.2. The number of benzene rings is 1. The molecule has 1 aromatic rings. The minimum atomic E-state index is -0.365. The van der Waals surface area contributed by atoms with Crippen molar-refractivity contribution in [2.75, 3.05) is 37.7 Å². The summed E-state index contributed by atoms with van der Waals surface area (Å²) in [5.74, 6) is 0. The van der Waals surface area contributed by atoms with Gasteiger partial charge in [-0.25, -0.2) is 5.01 Å². The highest BCUT2D eigenvalue weighted by Gasteiger charge is 2.39. The Morgan fingerprint density at radius 1 is 0.963 bits per heavy atom. The van der Waals surface area contributed by atoms with Crippen LogP contribution in [0.3, 0.4) is 0 Å². The van der Waals surface area contributed by atoms with Gasteiger partial charge >= 0.3 is 0 Å². The average molecular weight is 372 g/mol. The van der Waals surface area contributed by atoms with E-state index in [-0.39, 0.29) is 22.8 Å². The fraction of sp³-hybridized carbons (Fsp3) is 0.684. The highest BCUT2D eigenvalue weighted by Crippen LogP contribution is 2.31. The van der Waals surface area contributed by atoms with E-state index in [1.165, 1.54) is 38.5 Å². The molecule has 4 rings (SSSR count). The van der Waals surface area contributed by atoms with Gasteiger partial charge in [-0.3, -0.25) is 15.0 Å². The van der Waals surface area contributed by atoms with Gasteiger partial charge in [0, 0.05) is 31.8 Å². The zero-order valence-electron chi connectivity index (χ0n) is 15.7. The Morgan fingerprint density at radius 3 is 2.22 bits per heavy atom. The molecule has 3 heterocycles. The number of piperidine rings is 2. The lowest BCUT2D eigenvalue weighted by Gasteiger charge is -2.39. The molecule has 1 aromatic carbocycles. The van der Waals surface area contributed by atoms with Crippen LogP contribution in [0.4, 0.5) is 11.4 Å². The quantitative estimate of drug-likeness (QED) is 0.584. The smallest absolute Gasteiger partial charge is 0.269 e. The Hall–Kier alpha value is -2.06. The van der Waals surface area contributed by atoms with Crippen LogP contribution in [0, 0.1) is 10.1 Å². The molecule has 3 aliphatic rings. The highest BCUT2D eigenvalue weighted by molar-refractivity contribution is 5.51. The molecule has 3 aliphatic heterocycles. The monoisotopic (exact) mass is 372 g/mol. The molecule has 0 aliphatic carbocycles. The van der Waals surface area contributed by atoms with Gasteiger partial charge in [-0.15, -0.1) is 0 Å². The number of likely N-dealkylation sites (tertiary alicyclic amines) is 2. The molecule has 146 valence electrons. The molecule has 0 spiro atoms. The summed E-state index contributed by atoms with van der Waals surface area (Å²) in [5.41, 5.74) is 0.982. The Labute approximate surface area is 160 Å². The predicted octanol–water partition coefficient (Wildman–Crippen LogP) is 3.45. The SMILES string of the molecule is O=[N+]([O-])c1ccc(N2N=NC(CN3CCCCC3)C2N2CCCCC2)cc1. The van der Waals surface area contributed by atoms with Crippen LogP contribution < -0.4 is 5.01 Å². The van der Waals surface area contributed by atoms with Gasteiger partial charge in [0.1, 0.15) is 12.2 Å². The van der Waals surface area contributed by atoms with Crippen LogP contribution in [-0.2, 0) is 0 Å². The number of non-ortho nitro benzene ring substituents is 1. The van der Waals surface area contributed by atoms with Crippen molar-refractivity contribution in [2.24, 2.45) is 10.3 Å². The molecule has 0 amide bonds. The predicted molar refractivity (Wildman–Crippen MR) is 104 cm³/mol. The maximum atomic E-state index is 11.0. The maximum Gasteiger partial charge on any atom is 0.269 e. The van der Waals surface area contributed by atoms with Crippen LogP contribution in [0.5, 0.6) is 0 Å². The number of anilines is 1. The van der Waals surface area contributed by atoms with Gasteiger partial charge in [-0.1, -0.05) is 18.1 Å². The van der Waals surface area contributed by atoms with E-state index in [0.717, 1.165) is 38.4 Å². The summed E-state index contributed by atoms with van der Waals surface area (Å²) >= 11 is 0. The number of rotatable bonds is 5. The van der Waals surface area contributed by atoms with Crippen molar-refractivity contribution in [3.63, 3.8) is 0 Å². The van der Waals surface area contributed by atoms with Gasteiger partial charge in [0.05, 0.1) is 10.6 Å². The molecule has 0 radical (unpaired) electrons. The fourth-order valence-electron chi connectivity index (χ4n) is 4.45. The van der Waals surface area contributed by atoms with Crippen LogP contribution in [-0.4, -0.2) is 59.7 Å². The van der Waals surface area contributed by atoms with E-state index in [2.05, 4.69) is 20.1 Å². The molecule has 0 saturated carbocycles. The maximum absolute atomic E-state index is 11.0. The van der Waals surface area contributed by atoms with Gasteiger partial charge in [0.25, 0.3) is 5.69 Å². The lowest BCUT2D eigenvalue weighted by atomic mass is 10.1. The molecule has 2 saturated heterocycles. The summed E-state index contributed by atoms with van der Waals surface area (Å²) in [4.78, 5) is 15.6. The summed E-state index contributed by atoms with van der Waals surface area (Å²) in [5, 5.41) is 22.1. The van der Waals surface area contributed by atoms with Gasteiger partial charge in [-0.2, -0.15) is 5.11 Å². The average Bonchev–Trinajstić information content (AvgIpc) is 3.13. The van der Waals surface area contributed by atoms with Crippen LogP contribution in [0.25, 0.3) is 0 Å². The Bertz CT molecular complexity index is 667. The van der Waals surface area contributed by atoms with E-state index in [9.17, 15) is 10.1 Å². The van der Waals surface area contributed by atoms with E-state index in [1.54, 1.807) is 24.3 Å². The lowest BCUT2D eigenvalue weighted by molar-refractivity contribution is -0.384. The highest BCUT2D eigenvalue weighted by atomic mass is 16.6. The number of hydrogen-bond donors (Lipinski definition) is 0. The second kappa shape index (κ2) is 8.31. The largest absolute Gasteiger partial charge is 0.301 e. The number of nitro groups is 1. The van der Waals surface area contributed by atoms with Crippen molar-refractivity contribution >= 4 is 11.4 Å². The minimum absolute atomic E-state index is 0.105.